The first kappa shape index (κ1) is 32.9. The van der Waals surface area contributed by atoms with Crippen LogP contribution < -0.4 is 52.8 Å². The zero-order valence-corrected chi connectivity index (χ0v) is 25.5. The first-order chi connectivity index (χ1) is 14.3. The maximum atomic E-state index is 3.75. The Labute approximate surface area is 240 Å². The van der Waals surface area contributed by atoms with Gasteiger partial charge in [-0.15, -0.1) is 6.92 Å². The van der Waals surface area contributed by atoms with Gasteiger partial charge in [0.25, 0.3) is 0 Å². The molecular formula is C29H31Cl3SiTi. The summed E-state index contributed by atoms with van der Waals surface area (Å²) in [6.45, 7) is 13.5. The van der Waals surface area contributed by atoms with Crippen LogP contribution in [0.4, 0.5) is 0 Å². The molecule has 0 nitrogen and oxygen atoms in total. The Bertz CT molecular complexity index is 1070. The van der Waals surface area contributed by atoms with Crippen molar-refractivity contribution in [3.63, 3.8) is 0 Å². The van der Waals surface area contributed by atoms with Crippen LogP contribution in [0.25, 0.3) is 0 Å². The van der Waals surface area contributed by atoms with Crippen molar-refractivity contribution in [3.05, 3.63) is 112 Å². The number of halogens is 3. The number of aryl methyl sites for hydroxylation is 3. The largest absolute Gasteiger partial charge is 4.00 e. The van der Waals surface area contributed by atoms with Crippen molar-refractivity contribution in [2.45, 2.75) is 41.5 Å². The predicted molar refractivity (Wildman–Crippen MR) is 132 cm³/mol. The Morgan fingerprint density at radius 1 is 0.618 bits per heavy atom. The first-order valence-electron chi connectivity index (χ1n) is 10.9. The van der Waals surface area contributed by atoms with Crippen molar-refractivity contribution in [1.29, 1.82) is 0 Å². The van der Waals surface area contributed by atoms with Gasteiger partial charge in [-0.05, 0) is 36.3 Å². The number of hydrogen-bond acceptors (Lipinski definition) is 0. The molecule has 0 aromatic heterocycles. The average Bonchev–Trinajstić information content (AvgIpc) is 2.96. The van der Waals surface area contributed by atoms with E-state index in [9.17, 15) is 0 Å². The molecule has 0 heterocycles. The van der Waals surface area contributed by atoms with Gasteiger partial charge in [0.1, 0.15) is 0 Å². The molecule has 176 valence electrons. The molecular weight excluding hydrogens is 531 g/mol. The van der Waals surface area contributed by atoms with Gasteiger partial charge in [-0.25, -0.2) is 11.1 Å². The summed E-state index contributed by atoms with van der Waals surface area (Å²) in [6.07, 6.45) is 3.75. The van der Waals surface area contributed by atoms with Crippen molar-refractivity contribution in [2.24, 2.45) is 5.92 Å². The molecule has 0 bridgehead atoms. The number of hydrogen-bond donors (Lipinski definition) is 0. The second-order valence-electron chi connectivity index (χ2n) is 8.89. The normalized spacial score (nSPS) is 14.8. The number of rotatable bonds is 4. The summed E-state index contributed by atoms with van der Waals surface area (Å²) in [5.74, 6) is 0.318. The molecule has 0 saturated carbocycles. The van der Waals surface area contributed by atoms with Gasteiger partial charge >= 0.3 is 21.7 Å². The van der Waals surface area contributed by atoms with Crippen molar-refractivity contribution in [1.82, 2.24) is 0 Å². The monoisotopic (exact) mass is 560 g/mol. The summed E-state index contributed by atoms with van der Waals surface area (Å²) in [7, 11) is -2.46. The van der Waals surface area contributed by atoms with E-state index in [0.29, 0.717) is 5.92 Å². The molecule has 3 aromatic carbocycles. The molecule has 0 amide bonds. The summed E-state index contributed by atoms with van der Waals surface area (Å²) in [5, 5.41) is 5.99. The quantitative estimate of drug-likeness (QED) is 0.175. The van der Waals surface area contributed by atoms with Crippen LogP contribution in [0.5, 0.6) is 0 Å². The van der Waals surface area contributed by atoms with Gasteiger partial charge in [-0.3, -0.25) is 6.08 Å². The van der Waals surface area contributed by atoms with E-state index in [4.69, 9.17) is 0 Å². The average molecular weight is 562 g/mol. The van der Waals surface area contributed by atoms with E-state index >= 15 is 0 Å². The molecule has 34 heavy (non-hydrogen) atoms. The fourth-order valence-electron chi connectivity index (χ4n) is 5.24. The van der Waals surface area contributed by atoms with E-state index in [1.807, 2.05) is 0 Å². The second-order valence-corrected chi connectivity index (χ2v) is 12.7. The molecule has 0 aliphatic heterocycles. The van der Waals surface area contributed by atoms with Crippen LogP contribution in [0.3, 0.4) is 0 Å². The Hall–Kier alpha value is -1.06. The molecule has 5 heteroatoms. The van der Waals surface area contributed by atoms with E-state index in [1.165, 1.54) is 43.4 Å². The summed E-state index contributed by atoms with van der Waals surface area (Å²) in [5.41, 5.74) is 6.70. The number of allylic oxidation sites excluding steroid dienone is 4. The van der Waals surface area contributed by atoms with E-state index in [0.717, 1.165) is 0 Å². The van der Waals surface area contributed by atoms with Gasteiger partial charge < -0.3 is 37.2 Å². The van der Waals surface area contributed by atoms with Crippen LogP contribution in [0.2, 0.25) is 0 Å². The van der Waals surface area contributed by atoms with Crippen LogP contribution in [-0.4, -0.2) is 8.07 Å². The van der Waals surface area contributed by atoms with Crippen LogP contribution in [0.1, 0.15) is 37.5 Å². The zero-order chi connectivity index (χ0) is 21.5. The van der Waals surface area contributed by atoms with E-state index in [-0.39, 0.29) is 58.9 Å². The van der Waals surface area contributed by atoms with E-state index < -0.39 is 8.07 Å². The minimum absolute atomic E-state index is 0. The standard InChI is InChI=1S/C29H31Si.3ClH.Ti/c1-20-10-7-13-26(16-20)30(27-14-8-11-21(2)17-27,28-15-9-12-22(3)18-28)29-24(5)19-23(4)25(29)6;;;;/h7-18,24H,1-6H3;3*1H;/q-1;;;;+4/p-3. The van der Waals surface area contributed by atoms with E-state index in [1.54, 1.807) is 5.20 Å². The molecule has 0 saturated heterocycles. The van der Waals surface area contributed by atoms with Crippen molar-refractivity contribution in [3.8, 4) is 0 Å². The summed E-state index contributed by atoms with van der Waals surface area (Å²) in [6, 6.07) is 27.7. The molecule has 0 N–H and O–H groups in total. The van der Waals surface area contributed by atoms with Gasteiger partial charge in [0.2, 0.25) is 0 Å². The molecule has 4 rings (SSSR count). The Balaban J connectivity index is 0.00000272. The molecule has 1 aliphatic rings. The van der Waals surface area contributed by atoms with Crippen LogP contribution in [-0.2, 0) is 21.7 Å². The first-order valence-corrected chi connectivity index (χ1v) is 12.9. The van der Waals surface area contributed by atoms with Crippen molar-refractivity contribution >= 4 is 23.6 Å². The van der Waals surface area contributed by atoms with Crippen molar-refractivity contribution in [2.75, 3.05) is 0 Å². The van der Waals surface area contributed by atoms with Crippen LogP contribution in [0.15, 0.2) is 89.1 Å². The van der Waals surface area contributed by atoms with Gasteiger partial charge in [0.15, 0.2) is 8.07 Å². The third-order valence-electron chi connectivity index (χ3n) is 6.59. The topological polar surface area (TPSA) is 0 Å². The molecule has 1 atom stereocenters. The minimum atomic E-state index is -2.46. The summed E-state index contributed by atoms with van der Waals surface area (Å²) in [4.78, 5) is 0. The smallest absolute Gasteiger partial charge is 1.00 e. The fraction of sp³-hybridized carbons (Fsp3) is 0.241. The second kappa shape index (κ2) is 13.3. The van der Waals surface area contributed by atoms with Gasteiger partial charge in [0, 0.05) is 0 Å². The molecule has 1 unspecified atom stereocenters. The van der Waals surface area contributed by atoms with Crippen molar-refractivity contribution < 1.29 is 58.9 Å². The molecule has 0 spiro atoms. The molecule has 3 aromatic rings. The molecule has 0 fully saturated rings. The third-order valence-corrected chi connectivity index (χ3v) is 11.7. The maximum absolute atomic E-state index is 3.75. The SMILES string of the molecule is CC1=[C-]C(C)C([Si](c2cccc(C)c2)(c2cccc(C)c2)c2cccc(C)c2)=C1C.[Cl-].[Cl-].[Cl-].[Ti+4]. The maximum Gasteiger partial charge on any atom is 4.00 e. The third kappa shape index (κ3) is 5.84. The zero-order valence-electron chi connectivity index (χ0n) is 20.6. The Morgan fingerprint density at radius 2 is 0.971 bits per heavy atom. The molecule has 0 radical (unpaired) electrons. The summed E-state index contributed by atoms with van der Waals surface area (Å²) >= 11 is 0. The van der Waals surface area contributed by atoms with Crippen LogP contribution in [0, 0.1) is 32.8 Å². The summed E-state index contributed by atoms with van der Waals surface area (Å²) < 4.78 is 0. The van der Waals surface area contributed by atoms with Gasteiger partial charge in [-0.1, -0.05) is 109 Å². The van der Waals surface area contributed by atoms with Gasteiger partial charge in [0.05, 0.1) is 0 Å². The predicted octanol–water partition coefficient (Wildman–Crippen LogP) is -3.65. The van der Waals surface area contributed by atoms with E-state index in [2.05, 4.69) is 120 Å². The number of benzene rings is 3. The van der Waals surface area contributed by atoms with Gasteiger partial charge in [-0.2, -0.15) is 5.20 Å². The Kier molecular flexibility index (Phi) is 12.9. The fourth-order valence-corrected chi connectivity index (χ4v) is 11.0. The Morgan fingerprint density at radius 3 is 1.24 bits per heavy atom. The molecule has 1 aliphatic carbocycles. The van der Waals surface area contributed by atoms with Crippen LogP contribution >= 0.6 is 0 Å². The minimum Gasteiger partial charge on any atom is -1.00 e.